The summed E-state index contributed by atoms with van der Waals surface area (Å²) in [7, 11) is -1.99. The zero-order valence-corrected chi connectivity index (χ0v) is 13.6. The van der Waals surface area contributed by atoms with E-state index in [0.717, 1.165) is 0 Å². The van der Waals surface area contributed by atoms with E-state index >= 15 is 0 Å². The van der Waals surface area contributed by atoms with Crippen molar-refractivity contribution in [2.75, 3.05) is 7.05 Å². The molecule has 0 bridgehead atoms. The molecule has 20 heavy (non-hydrogen) atoms. The first-order chi connectivity index (χ1) is 9.21. The summed E-state index contributed by atoms with van der Waals surface area (Å²) in [5, 5.41) is 0. The van der Waals surface area contributed by atoms with Crippen LogP contribution < -0.4 is 0 Å². The molecular formula is C15H23NO3S. The molecule has 0 N–H and O–H groups in total. The molecule has 0 aliphatic rings. The molecule has 0 amide bonds. The lowest BCUT2D eigenvalue weighted by atomic mass is 10.1. The molecule has 0 aliphatic heterocycles. The second kappa shape index (κ2) is 6.50. The van der Waals surface area contributed by atoms with E-state index in [4.69, 9.17) is 0 Å². The molecule has 0 saturated carbocycles. The molecule has 112 valence electrons. The molecule has 1 atom stereocenters. The largest absolute Gasteiger partial charge is 0.294 e. The first-order valence-corrected chi connectivity index (χ1v) is 8.27. The highest BCUT2D eigenvalue weighted by Crippen LogP contribution is 2.21. The van der Waals surface area contributed by atoms with Crippen LogP contribution in [0.1, 0.15) is 44.5 Å². The number of ketones is 1. The highest BCUT2D eigenvalue weighted by molar-refractivity contribution is 7.89. The molecule has 1 unspecified atom stereocenters. The van der Waals surface area contributed by atoms with Crippen LogP contribution >= 0.6 is 0 Å². The fourth-order valence-electron chi connectivity index (χ4n) is 1.84. The van der Waals surface area contributed by atoms with E-state index in [1.54, 1.807) is 26.1 Å². The fourth-order valence-corrected chi connectivity index (χ4v) is 3.38. The smallest absolute Gasteiger partial charge is 0.243 e. The Morgan fingerprint density at radius 3 is 2.35 bits per heavy atom. The Hall–Kier alpha value is -1.20. The van der Waals surface area contributed by atoms with Crippen molar-refractivity contribution in [2.45, 2.75) is 45.1 Å². The number of sulfonamides is 1. The zero-order chi connectivity index (χ0) is 15.5. The van der Waals surface area contributed by atoms with Crippen molar-refractivity contribution in [2.24, 2.45) is 5.92 Å². The molecule has 0 aliphatic carbocycles. The van der Waals surface area contributed by atoms with Crippen LogP contribution in [-0.4, -0.2) is 31.6 Å². The van der Waals surface area contributed by atoms with Gasteiger partial charge in [-0.25, -0.2) is 8.42 Å². The molecule has 0 saturated heterocycles. The van der Waals surface area contributed by atoms with Gasteiger partial charge in [-0.15, -0.1) is 0 Å². The third-order valence-corrected chi connectivity index (χ3v) is 5.63. The van der Waals surface area contributed by atoms with Gasteiger partial charge in [0.25, 0.3) is 0 Å². The molecule has 4 nitrogen and oxygen atoms in total. The fraction of sp³-hybridized carbons (Fsp3) is 0.533. The van der Waals surface area contributed by atoms with Gasteiger partial charge in [0.15, 0.2) is 5.78 Å². The Bertz CT molecular complexity index is 579. The van der Waals surface area contributed by atoms with Gasteiger partial charge < -0.3 is 0 Å². The second-order valence-electron chi connectivity index (χ2n) is 5.31. The van der Waals surface area contributed by atoms with Crippen LogP contribution in [0.2, 0.25) is 0 Å². The van der Waals surface area contributed by atoms with Crippen molar-refractivity contribution in [1.82, 2.24) is 4.31 Å². The number of benzene rings is 1. The van der Waals surface area contributed by atoms with Crippen molar-refractivity contribution >= 4 is 15.8 Å². The standard InChI is InChI=1S/C15H23NO3S/c1-6-15(17)13-8-7-9-14(10-13)20(18,19)16(5)12(4)11(2)3/h7-12H,6H2,1-5H3. The lowest BCUT2D eigenvalue weighted by Gasteiger charge is -2.27. The number of Topliss-reactive ketones (excluding diaryl/α,β-unsaturated/α-hetero) is 1. The van der Waals surface area contributed by atoms with Gasteiger partial charge in [0, 0.05) is 25.1 Å². The van der Waals surface area contributed by atoms with Crippen molar-refractivity contribution in [1.29, 1.82) is 0 Å². The maximum Gasteiger partial charge on any atom is 0.243 e. The summed E-state index contributed by atoms with van der Waals surface area (Å²) in [6.07, 6.45) is 0.363. The second-order valence-corrected chi connectivity index (χ2v) is 7.31. The number of carbonyl (C=O) groups is 1. The Balaban J connectivity index is 3.19. The van der Waals surface area contributed by atoms with Crippen LogP contribution in [-0.2, 0) is 10.0 Å². The molecule has 5 heteroatoms. The Morgan fingerprint density at radius 2 is 1.85 bits per heavy atom. The average Bonchev–Trinajstić information content (AvgIpc) is 2.44. The van der Waals surface area contributed by atoms with Crippen LogP contribution in [0.3, 0.4) is 0 Å². The summed E-state index contributed by atoms with van der Waals surface area (Å²) in [6.45, 7) is 7.60. The molecular weight excluding hydrogens is 274 g/mol. The van der Waals surface area contributed by atoms with Gasteiger partial charge in [-0.3, -0.25) is 4.79 Å². The maximum atomic E-state index is 12.6. The molecule has 0 heterocycles. The van der Waals surface area contributed by atoms with E-state index in [0.29, 0.717) is 12.0 Å². The number of hydrogen-bond donors (Lipinski definition) is 0. The quantitative estimate of drug-likeness (QED) is 0.759. The summed E-state index contributed by atoms with van der Waals surface area (Å²) in [5.41, 5.74) is 0.444. The minimum absolute atomic E-state index is 0.0541. The van der Waals surface area contributed by atoms with Crippen molar-refractivity contribution in [3.05, 3.63) is 29.8 Å². The monoisotopic (exact) mass is 297 g/mol. The van der Waals surface area contributed by atoms with Crippen molar-refractivity contribution in [3.8, 4) is 0 Å². The van der Waals surface area contributed by atoms with Crippen LogP contribution in [0, 0.1) is 5.92 Å². The molecule has 1 aromatic carbocycles. The zero-order valence-electron chi connectivity index (χ0n) is 12.8. The third-order valence-electron chi connectivity index (χ3n) is 3.69. The van der Waals surface area contributed by atoms with Crippen molar-refractivity contribution in [3.63, 3.8) is 0 Å². The maximum absolute atomic E-state index is 12.6. The number of carbonyl (C=O) groups excluding carboxylic acids is 1. The summed E-state index contributed by atoms with van der Waals surface area (Å²) >= 11 is 0. The SMILES string of the molecule is CCC(=O)c1cccc(S(=O)(=O)N(C)C(C)C(C)C)c1. The molecule has 0 spiro atoms. The van der Waals surface area contributed by atoms with Crippen LogP contribution in [0.5, 0.6) is 0 Å². The van der Waals surface area contributed by atoms with Gasteiger partial charge in [-0.05, 0) is 25.0 Å². The van der Waals surface area contributed by atoms with Gasteiger partial charge in [-0.2, -0.15) is 4.31 Å². The Labute approximate surface area is 121 Å². The third kappa shape index (κ3) is 3.46. The van der Waals surface area contributed by atoms with E-state index < -0.39 is 10.0 Å². The Morgan fingerprint density at radius 1 is 1.25 bits per heavy atom. The molecule has 0 fully saturated rings. The molecule has 1 aromatic rings. The predicted octanol–water partition coefficient (Wildman–Crippen LogP) is 2.94. The number of rotatable bonds is 6. The van der Waals surface area contributed by atoms with E-state index in [2.05, 4.69) is 0 Å². The van der Waals surface area contributed by atoms with Gasteiger partial charge in [0.2, 0.25) is 10.0 Å². The summed E-state index contributed by atoms with van der Waals surface area (Å²) in [5.74, 6) is 0.164. The van der Waals surface area contributed by atoms with Gasteiger partial charge in [0.1, 0.15) is 0 Å². The topological polar surface area (TPSA) is 54.5 Å². The molecule has 0 aromatic heterocycles. The highest BCUT2D eigenvalue weighted by Gasteiger charge is 2.27. The molecule has 1 rings (SSSR count). The predicted molar refractivity (Wildman–Crippen MR) is 80.3 cm³/mol. The van der Waals surface area contributed by atoms with Crippen LogP contribution in [0.15, 0.2) is 29.2 Å². The lowest BCUT2D eigenvalue weighted by molar-refractivity contribution is 0.0988. The lowest BCUT2D eigenvalue weighted by Crippen LogP contribution is -2.38. The minimum atomic E-state index is -3.57. The van der Waals surface area contributed by atoms with Crippen LogP contribution in [0.25, 0.3) is 0 Å². The summed E-state index contributed by atoms with van der Waals surface area (Å²) in [4.78, 5) is 11.9. The molecule has 0 radical (unpaired) electrons. The Kier molecular flexibility index (Phi) is 5.48. The average molecular weight is 297 g/mol. The summed E-state index contributed by atoms with van der Waals surface area (Å²) < 4.78 is 26.5. The van der Waals surface area contributed by atoms with Gasteiger partial charge in [0.05, 0.1) is 4.90 Å². The first-order valence-electron chi connectivity index (χ1n) is 6.83. The van der Waals surface area contributed by atoms with Gasteiger partial charge >= 0.3 is 0 Å². The van der Waals surface area contributed by atoms with E-state index in [9.17, 15) is 13.2 Å². The van der Waals surface area contributed by atoms with Gasteiger partial charge in [-0.1, -0.05) is 32.9 Å². The normalized spacial score (nSPS) is 13.8. The number of hydrogen-bond acceptors (Lipinski definition) is 3. The van der Waals surface area contributed by atoms with E-state index in [-0.39, 0.29) is 22.6 Å². The van der Waals surface area contributed by atoms with Crippen LogP contribution in [0.4, 0.5) is 0 Å². The minimum Gasteiger partial charge on any atom is -0.294 e. The summed E-state index contributed by atoms with van der Waals surface area (Å²) in [6, 6.07) is 6.15. The number of nitrogens with zero attached hydrogens (tertiary/aromatic N) is 1. The van der Waals surface area contributed by atoms with E-state index in [1.807, 2.05) is 20.8 Å². The van der Waals surface area contributed by atoms with Crippen molar-refractivity contribution < 1.29 is 13.2 Å². The van der Waals surface area contributed by atoms with E-state index in [1.165, 1.54) is 16.4 Å². The highest BCUT2D eigenvalue weighted by atomic mass is 32.2. The first kappa shape index (κ1) is 16.9.